The lowest BCUT2D eigenvalue weighted by molar-refractivity contribution is -0.115. The average molecular weight is 312 g/mol. The van der Waals surface area contributed by atoms with Crippen LogP contribution in [-0.2, 0) is 11.2 Å². The number of hydrogen-bond acceptors (Lipinski definition) is 5. The highest BCUT2D eigenvalue weighted by atomic mass is 32.1. The fraction of sp³-hybridized carbons (Fsp3) is 0.125. The van der Waals surface area contributed by atoms with Crippen LogP contribution in [0, 0.1) is 0 Å². The molecule has 0 spiro atoms. The third-order valence-electron chi connectivity index (χ3n) is 3.42. The van der Waals surface area contributed by atoms with Crippen molar-refractivity contribution < 1.29 is 14.3 Å². The molecule has 0 atom stereocenters. The van der Waals surface area contributed by atoms with E-state index >= 15 is 0 Å². The molecular formula is C16H12N2O3S. The molecule has 3 aromatic rings. The second kappa shape index (κ2) is 5.31. The first kappa shape index (κ1) is 13.1. The molecule has 2 heterocycles. The van der Waals surface area contributed by atoms with E-state index in [1.807, 2.05) is 36.4 Å². The largest absolute Gasteiger partial charge is 0.454 e. The Morgan fingerprint density at radius 2 is 2.09 bits per heavy atom. The number of nitrogens with one attached hydrogen (secondary N) is 1. The number of carbonyl (C=O) groups is 1. The van der Waals surface area contributed by atoms with Crippen molar-refractivity contribution in [2.75, 3.05) is 12.1 Å². The zero-order chi connectivity index (χ0) is 14.9. The highest BCUT2D eigenvalue weighted by molar-refractivity contribution is 7.16. The molecule has 6 heteroatoms. The predicted octanol–water partition coefficient (Wildman–Crippen LogP) is 3.21. The summed E-state index contributed by atoms with van der Waals surface area (Å²) >= 11 is 1.55. The number of amides is 1. The first-order chi connectivity index (χ1) is 10.8. The fourth-order valence-electron chi connectivity index (χ4n) is 2.37. The molecule has 0 aliphatic carbocycles. The molecule has 1 N–H and O–H groups in total. The van der Waals surface area contributed by atoms with Gasteiger partial charge >= 0.3 is 0 Å². The molecule has 1 aromatic heterocycles. The van der Waals surface area contributed by atoms with Gasteiger partial charge in [0.1, 0.15) is 0 Å². The van der Waals surface area contributed by atoms with Gasteiger partial charge in [-0.3, -0.25) is 4.79 Å². The van der Waals surface area contributed by atoms with Crippen LogP contribution in [0.2, 0.25) is 0 Å². The summed E-state index contributed by atoms with van der Waals surface area (Å²) in [5.41, 5.74) is 4.41. The number of aromatic nitrogens is 1. The number of rotatable bonds is 3. The molecule has 5 nitrogen and oxygen atoms in total. The summed E-state index contributed by atoms with van der Waals surface area (Å²) in [6, 6.07) is 11.2. The minimum Gasteiger partial charge on any atom is -0.454 e. The van der Waals surface area contributed by atoms with Crippen molar-refractivity contribution in [1.82, 2.24) is 4.98 Å². The van der Waals surface area contributed by atoms with Crippen LogP contribution in [0.5, 0.6) is 11.5 Å². The van der Waals surface area contributed by atoms with Gasteiger partial charge in [-0.2, -0.15) is 0 Å². The molecule has 110 valence electrons. The van der Waals surface area contributed by atoms with E-state index in [4.69, 9.17) is 9.47 Å². The normalized spacial score (nSPS) is 12.5. The Balaban J connectivity index is 1.47. The van der Waals surface area contributed by atoms with Gasteiger partial charge in [-0.15, -0.1) is 11.3 Å². The van der Waals surface area contributed by atoms with Crippen LogP contribution in [0.25, 0.3) is 10.2 Å². The van der Waals surface area contributed by atoms with Gasteiger partial charge in [-0.1, -0.05) is 6.07 Å². The maximum atomic E-state index is 12.2. The van der Waals surface area contributed by atoms with E-state index in [-0.39, 0.29) is 19.1 Å². The molecule has 0 bridgehead atoms. The number of hydrogen-bond donors (Lipinski definition) is 1. The third-order valence-corrected chi connectivity index (χ3v) is 4.21. The van der Waals surface area contributed by atoms with E-state index in [9.17, 15) is 4.79 Å². The number of thiazole rings is 1. The summed E-state index contributed by atoms with van der Waals surface area (Å²) in [5.74, 6) is 1.35. The lowest BCUT2D eigenvalue weighted by Gasteiger charge is -2.06. The summed E-state index contributed by atoms with van der Waals surface area (Å²) in [6.45, 7) is 0.236. The molecular weight excluding hydrogens is 300 g/mol. The summed E-state index contributed by atoms with van der Waals surface area (Å²) in [4.78, 5) is 16.4. The maximum Gasteiger partial charge on any atom is 0.231 e. The quantitative estimate of drug-likeness (QED) is 0.807. The molecule has 1 aliphatic rings. The zero-order valence-electron chi connectivity index (χ0n) is 11.5. The summed E-state index contributed by atoms with van der Waals surface area (Å²) in [6.07, 6.45) is 0.289. The highest BCUT2D eigenvalue weighted by Gasteiger charge is 2.14. The van der Waals surface area contributed by atoms with Crippen molar-refractivity contribution in [1.29, 1.82) is 0 Å². The smallest absolute Gasteiger partial charge is 0.231 e. The number of benzene rings is 2. The van der Waals surface area contributed by atoms with Crippen LogP contribution in [-0.4, -0.2) is 17.7 Å². The van der Waals surface area contributed by atoms with Gasteiger partial charge in [0.15, 0.2) is 11.5 Å². The second-order valence-corrected chi connectivity index (χ2v) is 5.83. The Morgan fingerprint density at radius 3 is 3.05 bits per heavy atom. The fourth-order valence-corrected chi connectivity index (χ4v) is 3.09. The van der Waals surface area contributed by atoms with Crippen molar-refractivity contribution in [3.05, 3.63) is 47.5 Å². The van der Waals surface area contributed by atoms with Crippen LogP contribution in [0.4, 0.5) is 5.69 Å². The topological polar surface area (TPSA) is 60.5 Å². The van der Waals surface area contributed by atoms with Crippen molar-refractivity contribution in [2.45, 2.75) is 6.42 Å². The van der Waals surface area contributed by atoms with E-state index in [0.717, 1.165) is 27.2 Å². The Hall–Kier alpha value is -2.60. The molecule has 4 rings (SSSR count). The van der Waals surface area contributed by atoms with Crippen LogP contribution < -0.4 is 14.8 Å². The number of carbonyl (C=O) groups excluding carboxylic acids is 1. The number of nitrogens with zero attached hydrogens (tertiary/aromatic N) is 1. The molecule has 0 fully saturated rings. The molecule has 2 aromatic carbocycles. The Bertz CT molecular complexity index is 859. The van der Waals surface area contributed by atoms with Gasteiger partial charge in [0.25, 0.3) is 0 Å². The summed E-state index contributed by atoms with van der Waals surface area (Å²) in [7, 11) is 0. The lowest BCUT2D eigenvalue weighted by Crippen LogP contribution is -2.14. The van der Waals surface area contributed by atoms with Gasteiger partial charge < -0.3 is 14.8 Å². The van der Waals surface area contributed by atoms with Crippen LogP contribution in [0.15, 0.2) is 41.9 Å². The molecule has 0 unspecified atom stereocenters. The van der Waals surface area contributed by atoms with Crippen molar-refractivity contribution in [2.24, 2.45) is 0 Å². The van der Waals surface area contributed by atoms with Crippen LogP contribution in [0.1, 0.15) is 5.56 Å². The van der Waals surface area contributed by atoms with E-state index in [1.54, 1.807) is 16.8 Å². The standard InChI is InChI=1S/C16H12N2O3S/c19-16(6-10-1-4-13-14(5-10)21-9-20-13)18-11-2-3-12-15(7-11)22-8-17-12/h1-5,7-8H,6,9H2,(H,18,19). The maximum absolute atomic E-state index is 12.2. The Labute approximate surface area is 130 Å². The van der Waals surface area contributed by atoms with E-state index in [2.05, 4.69) is 10.3 Å². The minimum atomic E-state index is -0.0669. The molecule has 0 radical (unpaired) electrons. The lowest BCUT2D eigenvalue weighted by atomic mass is 10.1. The molecule has 1 aliphatic heterocycles. The van der Waals surface area contributed by atoms with E-state index in [1.165, 1.54) is 0 Å². The van der Waals surface area contributed by atoms with Gasteiger partial charge in [-0.05, 0) is 35.9 Å². The van der Waals surface area contributed by atoms with Crippen molar-refractivity contribution >= 4 is 33.1 Å². The minimum absolute atomic E-state index is 0.0669. The predicted molar refractivity (Wildman–Crippen MR) is 84.5 cm³/mol. The van der Waals surface area contributed by atoms with Gasteiger partial charge in [-0.25, -0.2) is 4.98 Å². The van der Waals surface area contributed by atoms with Crippen LogP contribution in [0.3, 0.4) is 0 Å². The van der Waals surface area contributed by atoms with E-state index < -0.39 is 0 Å². The number of anilines is 1. The first-order valence-corrected chi connectivity index (χ1v) is 7.67. The monoisotopic (exact) mass is 312 g/mol. The van der Waals surface area contributed by atoms with E-state index in [0.29, 0.717) is 5.75 Å². The second-order valence-electron chi connectivity index (χ2n) is 4.95. The zero-order valence-corrected chi connectivity index (χ0v) is 12.4. The Morgan fingerprint density at radius 1 is 1.18 bits per heavy atom. The van der Waals surface area contributed by atoms with Crippen LogP contribution >= 0.6 is 11.3 Å². The SMILES string of the molecule is O=C(Cc1ccc2c(c1)OCO2)Nc1ccc2ncsc2c1. The Kier molecular flexibility index (Phi) is 3.16. The van der Waals surface area contributed by atoms with Gasteiger partial charge in [0.05, 0.1) is 22.1 Å². The molecule has 0 saturated carbocycles. The van der Waals surface area contributed by atoms with Crippen molar-refractivity contribution in [3.8, 4) is 11.5 Å². The third kappa shape index (κ3) is 2.48. The molecule has 1 amide bonds. The molecule has 22 heavy (non-hydrogen) atoms. The summed E-state index contributed by atoms with van der Waals surface area (Å²) < 4.78 is 11.6. The van der Waals surface area contributed by atoms with Gasteiger partial charge in [0, 0.05) is 5.69 Å². The summed E-state index contributed by atoms with van der Waals surface area (Å²) in [5, 5.41) is 2.91. The average Bonchev–Trinajstić information content (AvgIpc) is 3.14. The highest BCUT2D eigenvalue weighted by Crippen LogP contribution is 2.32. The molecule has 0 saturated heterocycles. The number of ether oxygens (including phenoxy) is 2. The van der Waals surface area contributed by atoms with Gasteiger partial charge in [0.2, 0.25) is 12.7 Å². The number of fused-ring (bicyclic) bond motifs is 2. The first-order valence-electron chi connectivity index (χ1n) is 6.79. The van der Waals surface area contributed by atoms with Crippen molar-refractivity contribution in [3.63, 3.8) is 0 Å².